The standard InChI is InChI=1S/C30H28IN7O2S/c1-18-27(30-35-24(12-19-4-7-22(31)8-5-19)28(41-30)29-33-17-34-36-29)25-13-20(10-11-38(25)37-18)15-32-16-21-6-9-23(39-2)14-26(21)40-3/h4-11,13-14,17,32H,12,15-16H2,1-3H3,(H,33,34,36). The minimum absolute atomic E-state index is 0.665. The second kappa shape index (κ2) is 12.0. The largest absolute Gasteiger partial charge is 0.497 e. The number of hydrogen-bond acceptors (Lipinski definition) is 8. The highest BCUT2D eigenvalue weighted by Crippen LogP contribution is 2.38. The van der Waals surface area contributed by atoms with Gasteiger partial charge in [-0.15, -0.1) is 11.3 Å². The SMILES string of the molecule is COc1ccc(CNCc2ccn3nc(C)c(-c4nc(Cc5ccc(I)cc5)c(-c5ncn[nH]5)s4)c3c2)c(OC)c1. The first-order valence-electron chi connectivity index (χ1n) is 13.0. The van der Waals surface area contributed by atoms with E-state index in [-0.39, 0.29) is 0 Å². The number of nitrogens with one attached hydrogen (secondary N) is 2. The van der Waals surface area contributed by atoms with Crippen molar-refractivity contribution in [3.8, 4) is 32.8 Å². The Morgan fingerprint density at radius 3 is 2.61 bits per heavy atom. The molecule has 0 spiro atoms. The lowest BCUT2D eigenvalue weighted by Gasteiger charge is -2.11. The molecule has 2 N–H and O–H groups in total. The maximum Gasteiger partial charge on any atom is 0.167 e. The zero-order valence-electron chi connectivity index (χ0n) is 22.8. The second-order valence-corrected chi connectivity index (χ2v) is 11.8. The number of fused-ring (bicyclic) bond motifs is 1. The number of aromatic amines is 1. The van der Waals surface area contributed by atoms with E-state index in [1.165, 1.54) is 15.5 Å². The number of ether oxygens (including phenoxy) is 2. The van der Waals surface area contributed by atoms with Crippen molar-refractivity contribution in [3.05, 3.63) is 98.8 Å². The van der Waals surface area contributed by atoms with Gasteiger partial charge in [-0.3, -0.25) is 5.10 Å². The van der Waals surface area contributed by atoms with E-state index in [1.54, 1.807) is 25.6 Å². The normalized spacial score (nSPS) is 11.3. The fourth-order valence-electron chi connectivity index (χ4n) is 4.80. The van der Waals surface area contributed by atoms with E-state index in [0.717, 1.165) is 60.8 Å². The Kier molecular flexibility index (Phi) is 7.99. The van der Waals surface area contributed by atoms with E-state index >= 15 is 0 Å². The Morgan fingerprint density at radius 2 is 1.85 bits per heavy atom. The average Bonchev–Trinajstić information content (AvgIpc) is 3.73. The van der Waals surface area contributed by atoms with Crippen LogP contribution in [-0.2, 0) is 19.5 Å². The Bertz CT molecular complexity index is 1800. The number of H-pyrrole nitrogens is 1. The Morgan fingerprint density at radius 1 is 1.00 bits per heavy atom. The summed E-state index contributed by atoms with van der Waals surface area (Å²) in [6, 6.07) is 18.7. The van der Waals surface area contributed by atoms with E-state index in [4.69, 9.17) is 19.6 Å². The Labute approximate surface area is 255 Å². The predicted molar refractivity (Wildman–Crippen MR) is 168 cm³/mol. The molecule has 0 amide bonds. The molecule has 0 unspecified atom stereocenters. The summed E-state index contributed by atoms with van der Waals surface area (Å²) in [5, 5.41) is 16.4. The molecule has 9 nitrogen and oxygen atoms in total. The van der Waals surface area contributed by atoms with Crippen molar-refractivity contribution in [3.63, 3.8) is 0 Å². The molecule has 0 saturated heterocycles. The van der Waals surface area contributed by atoms with Crippen LogP contribution < -0.4 is 14.8 Å². The van der Waals surface area contributed by atoms with Crippen LogP contribution in [-0.4, -0.2) is 44.0 Å². The highest BCUT2D eigenvalue weighted by Gasteiger charge is 2.21. The molecule has 0 radical (unpaired) electrons. The van der Waals surface area contributed by atoms with Crippen LogP contribution in [0.1, 0.15) is 28.1 Å². The van der Waals surface area contributed by atoms with Crippen molar-refractivity contribution in [2.24, 2.45) is 0 Å². The van der Waals surface area contributed by atoms with Gasteiger partial charge < -0.3 is 14.8 Å². The van der Waals surface area contributed by atoms with Crippen LogP contribution in [0.3, 0.4) is 0 Å². The van der Waals surface area contributed by atoms with Gasteiger partial charge in [0.1, 0.15) is 22.8 Å². The smallest absolute Gasteiger partial charge is 0.167 e. The highest BCUT2D eigenvalue weighted by atomic mass is 127. The van der Waals surface area contributed by atoms with E-state index in [1.807, 2.05) is 35.8 Å². The van der Waals surface area contributed by atoms with Crippen LogP contribution in [0.4, 0.5) is 0 Å². The molecule has 0 aliphatic carbocycles. The molecule has 0 aliphatic rings. The molecular weight excluding hydrogens is 649 g/mol. The molecule has 0 aliphatic heterocycles. The summed E-state index contributed by atoms with van der Waals surface area (Å²) in [6.07, 6.45) is 4.24. The number of hydrogen-bond donors (Lipinski definition) is 2. The van der Waals surface area contributed by atoms with Gasteiger partial charge in [0, 0.05) is 40.9 Å². The van der Waals surface area contributed by atoms with Crippen LogP contribution >= 0.6 is 33.9 Å². The summed E-state index contributed by atoms with van der Waals surface area (Å²) >= 11 is 3.94. The van der Waals surface area contributed by atoms with Crippen LogP contribution in [0.15, 0.2) is 67.1 Å². The van der Waals surface area contributed by atoms with Gasteiger partial charge in [0.2, 0.25) is 0 Å². The number of thiazole rings is 1. The lowest BCUT2D eigenvalue weighted by Crippen LogP contribution is -2.13. The molecule has 208 valence electrons. The van der Waals surface area contributed by atoms with Crippen molar-refractivity contribution in [2.75, 3.05) is 14.2 Å². The van der Waals surface area contributed by atoms with Gasteiger partial charge in [-0.1, -0.05) is 18.2 Å². The van der Waals surface area contributed by atoms with Gasteiger partial charge in [-0.25, -0.2) is 14.5 Å². The molecule has 0 atom stereocenters. The monoisotopic (exact) mass is 677 g/mol. The van der Waals surface area contributed by atoms with Gasteiger partial charge in [-0.05, 0) is 71.0 Å². The molecule has 6 aromatic rings. The molecule has 6 rings (SSSR count). The fourth-order valence-corrected chi connectivity index (χ4v) is 6.29. The summed E-state index contributed by atoms with van der Waals surface area (Å²) in [7, 11) is 3.33. The number of methoxy groups -OCH3 is 2. The molecular formula is C30H28IN7O2S. The number of rotatable bonds is 10. The molecule has 0 saturated carbocycles. The van der Waals surface area contributed by atoms with Gasteiger partial charge in [-0.2, -0.15) is 10.2 Å². The summed E-state index contributed by atoms with van der Waals surface area (Å²) in [4.78, 5) is 10.6. The van der Waals surface area contributed by atoms with Crippen molar-refractivity contribution in [1.82, 2.24) is 35.1 Å². The number of aryl methyl sites for hydroxylation is 1. The number of nitrogens with zero attached hydrogens (tertiary/aromatic N) is 5. The molecule has 2 aromatic carbocycles. The maximum absolute atomic E-state index is 5.55. The first-order valence-corrected chi connectivity index (χ1v) is 14.9. The van der Waals surface area contributed by atoms with Crippen LogP contribution in [0.2, 0.25) is 0 Å². The zero-order chi connectivity index (χ0) is 28.3. The zero-order valence-corrected chi connectivity index (χ0v) is 25.8. The number of benzene rings is 2. The van der Waals surface area contributed by atoms with Crippen LogP contribution in [0.5, 0.6) is 11.5 Å². The lowest BCUT2D eigenvalue weighted by molar-refractivity contribution is 0.390. The van der Waals surface area contributed by atoms with Crippen LogP contribution in [0.25, 0.3) is 26.8 Å². The number of aromatic nitrogens is 6. The fraction of sp³-hybridized carbons (Fsp3) is 0.200. The van der Waals surface area contributed by atoms with Crippen molar-refractivity contribution >= 4 is 39.4 Å². The summed E-state index contributed by atoms with van der Waals surface area (Å²) in [5.74, 6) is 2.30. The third kappa shape index (κ3) is 5.83. The van der Waals surface area contributed by atoms with Gasteiger partial charge in [0.05, 0.1) is 41.6 Å². The molecule has 11 heteroatoms. The van der Waals surface area contributed by atoms with Crippen molar-refractivity contribution < 1.29 is 9.47 Å². The quantitative estimate of drug-likeness (QED) is 0.170. The second-order valence-electron chi connectivity index (χ2n) is 9.54. The van der Waals surface area contributed by atoms with E-state index in [2.05, 4.69) is 79.5 Å². The third-order valence-corrected chi connectivity index (χ3v) is 8.68. The molecule has 0 bridgehead atoms. The number of pyridine rings is 1. The Balaban J connectivity index is 1.29. The highest BCUT2D eigenvalue weighted by molar-refractivity contribution is 14.1. The van der Waals surface area contributed by atoms with Gasteiger partial charge in [0.15, 0.2) is 5.82 Å². The van der Waals surface area contributed by atoms with Crippen molar-refractivity contribution in [2.45, 2.75) is 26.4 Å². The maximum atomic E-state index is 5.55. The minimum Gasteiger partial charge on any atom is -0.497 e. The summed E-state index contributed by atoms with van der Waals surface area (Å²) in [6.45, 7) is 3.39. The Hall–Kier alpha value is -3.81. The topological polar surface area (TPSA) is 102 Å². The number of halogens is 1. The van der Waals surface area contributed by atoms with E-state index in [9.17, 15) is 0 Å². The minimum atomic E-state index is 0.665. The summed E-state index contributed by atoms with van der Waals surface area (Å²) in [5.41, 5.74) is 7.35. The van der Waals surface area contributed by atoms with Gasteiger partial charge >= 0.3 is 0 Å². The van der Waals surface area contributed by atoms with Gasteiger partial charge in [0.25, 0.3) is 0 Å². The van der Waals surface area contributed by atoms with E-state index in [0.29, 0.717) is 19.5 Å². The first kappa shape index (κ1) is 27.4. The first-order chi connectivity index (χ1) is 20.0. The lowest BCUT2D eigenvalue weighted by atomic mass is 10.1. The summed E-state index contributed by atoms with van der Waals surface area (Å²) < 4.78 is 14.0. The molecule has 4 aromatic heterocycles. The van der Waals surface area contributed by atoms with Crippen LogP contribution in [0, 0.1) is 10.5 Å². The molecule has 41 heavy (non-hydrogen) atoms. The predicted octanol–water partition coefficient (Wildman–Crippen LogP) is 6.05. The van der Waals surface area contributed by atoms with Crippen molar-refractivity contribution in [1.29, 1.82) is 0 Å². The molecule has 0 fully saturated rings. The van der Waals surface area contributed by atoms with E-state index < -0.39 is 0 Å². The third-order valence-electron chi connectivity index (χ3n) is 6.84. The molecule has 4 heterocycles. The average molecular weight is 678 g/mol.